The highest BCUT2D eigenvalue weighted by Crippen LogP contribution is 2.07. The molecule has 4 nitrogen and oxygen atoms in total. The molecule has 0 bridgehead atoms. The van der Waals surface area contributed by atoms with Gasteiger partial charge in [-0.25, -0.2) is 0 Å². The van der Waals surface area contributed by atoms with E-state index in [9.17, 15) is 9.59 Å². The van der Waals surface area contributed by atoms with E-state index in [0.717, 1.165) is 19.3 Å². The van der Waals surface area contributed by atoms with Crippen LogP contribution in [0.4, 0.5) is 9.59 Å². The minimum Gasteiger partial charge on any atom is -0.343 e. The quantitative estimate of drug-likeness (QED) is 0.325. The number of rotatable bonds is 7. The number of nitrogens with one attached hydrogen (secondary N) is 2. The van der Waals surface area contributed by atoms with Gasteiger partial charge in [0.25, 0.3) is 0 Å². The first-order valence-electron chi connectivity index (χ1n) is 4.55. The Bertz CT molecular complexity index is 214. The molecule has 0 aromatic heterocycles. The van der Waals surface area contributed by atoms with Gasteiger partial charge in [-0.05, 0) is 36.0 Å². The molecule has 0 saturated heterocycles. The largest absolute Gasteiger partial charge is 0.343 e. The second-order valence-electron chi connectivity index (χ2n) is 2.94. The molecule has 15 heavy (non-hydrogen) atoms. The van der Waals surface area contributed by atoms with E-state index in [1.165, 1.54) is 0 Å². The van der Waals surface area contributed by atoms with Crippen molar-refractivity contribution in [1.29, 1.82) is 0 Å². The number of hydrogen-bond acceptors (Lipinski definition) is 2. The lowest BCUT2D eigenvalue weighted by molar-refractivity contribution is 0.257. The van der Waals surface area contributed by atoms with Crippen molar-refractivity contribution in [2.45, 2.75) is 31.2 Å². The number of amides is 2. The van der Waals surface area contributed by atoms with Gasteiger partial charge in [0, 0.05) is 6.54 Å². The van der Waals surface area contributed by atoms with Crippen molar-refractivity contribution in [3.05, 3.63) is 0 Å². The Balaban J connectivity index is 3.23. The second-order valence-corrected chi connectivity index (χ2v) is 4.15. The van der Waals surface area contributed by atoms with Gasteiger partial charge < -0.3 is 10.6 Å². The normalized spacial score (nSPS) is 11.9. The van der Waals surface area contributed by atoms with Crippen molar-refractivity contribution in [1.82, 2.24) is 10.6 Å². The van der Waals surface area contributed by atoms with Crippen molar-refractivity contribution in [3.63, 3.8) is 0 Å². The summed E-state index contributed by atoms with van der Waals surface area (Å²) in [4.78, 5) is 20.6. The van der Waals surface area contributed by atoms with Crippen molar-refractivity contribution in [3.8, 4) is 0 Å². The first-order valence-corrected chi connectivity index (χ1v) is 5.75. The summed E-state index contributed by atoms with van der Waals surface area (Å²) in [5.74, 6) is 0. The van der Waals surface area contributed by atoms with Crippen molar-refractivity contribution < 1.29 is 9.59 Å². The molecule has 0 saturated carbocycles. The van der Waals surface area contributed by atoms with Crippen LogP contribution >= 0.6 is 34.8 Å². The highest BCUT2D eigenvalue weighted by atomic mass is 35.5. The molecule has 0 fully saturated rings. The predicted molar refractivity (Wildman–Crippen MR) is 61.7 cm³/mol. The van der Waals surface area contributed by atoms with Gasteiger partial charge in [-0.2, -0.15) is 0 Å². The van der Waals surface area contributed by atoms with Crippen LogP contribution in [0.15, 0.2) is 0 Å². The zero-order valence-electron chi connectivity index (χ0n) is 8.06. The van der Waals surface area contributed by atoms with E-state index < -0.39 is 16.2 Å². The average molecular weight is 276 g/mol. The van der Waals surface area contributed by atoms with Gasteiger partial charge in [-0.15, -0.1) is 0 Å². The van der Waals surface area contributed by atoms with E-state index in [-0.39, 0.29) is 0 Å². The van der Waals surface area contributed by atoms with Crippen LogP contribution in [0.5, 0.6) is 0 Å². The zero-order valence-corrected chi connectivity index (χ0v) is 10.3. The fourth-order valence-electron chi connectivity index (χ4n) is 1.01. The topological polar surface area (TPSA) is 58.2 Å². The SMILES string of the molecule is O=C(Cl)NCCCCCC(Cl)NC(=O)Cl. The molecule has 2 N–H and O–H groups in total. The summed E-state index contributed by atoms with van der Waals surface area (Å²) in [7, 11) is 0. The van der Waals surface area contributed by atoms with E-state index in [1.54, 1.807) is 0 Å². The van der Waals surface area contributed by atoms with E-state index in [4.69, 9.17) is 34.8 Å². The van der Waals surface area contributed by atoms with Crippen LogP contribution in [0.3, 0.4) is 0 Å². The number of carbonyl (C=O) groups excluding carboxylic acids is 2. The molecule has 0 spiro atoms. The molecule has 88 valence electrons. The minimum atomic E-state index is -0.649. The third-order valence-corrected chi connectivity index (χ3v) is 2.24. The number of halogens is 3. The van der Waals surface area contributed by atoms with Crippen molar-refractivity contribution >= 4 is 45.5 Å². The Morgan fingerprint density at radius 2 is 1.73 bits per heavy atom. The molecule has 0 aliphatic carbocycles. The lowest BCUT2D eigenvalue weighted by atomic mass is 10.2. The Kier molecular flexibility index (Phi) is 8.95. The Morgan fingerprint density at radius 3 is 2.27 bits per heavy atom. The maximum Gasteiger partial charge on any atom is 0.314 e. The highest BCUT2D eigenvalue weighted by molar-refractivity contribution is 6.63. The molecule has 1 unspecified atom stereocenters. The standard InChI is InChI=1S/C8H13Cl3N2O2/c9-6(13-8(11)15)4-2-1-3-5-12-7(10)14/h6H,1-5H2,(H,12,14)(H,13,15). The Hall–Kier alpha value is -0.190. The maximum absolute atomic E-state index is 10.4. The monoisotopic (exact) mass is 274 g/mol. The third kappa shape index (κ3) is 11.7. The number of hydrogen-bond donors (Lipinski definition) is 2. The lowest BCUT2D eigenvalue weighted by Gasteiger charge is -2.08. The molecule has 1 atom stereocenters. The molecular formula is C8H13Cl3N2O2. The van der Waals surface area contributed by atoms with E-state index >= 15 is 0 Å². The number of carbonyl (C=O) groups is 2. The molecule has 7 heteroatoms. The van der Waals surface area contributed by atoms with Crippen LogP contribution in [-0.4, -0.2) is 22.8 Å². The molecule has 0 aromatic rings. The van der Waals surface area contributed by atoms with Gasteiger partial charge in [0.1, 0.15) is 5.50 Å². The van der Waals surface area contributed by atoms with Gasteiger partial charge in [-0.1, -0.05) is 24.4 Å². The van der Waals surface area contributed by atoms with E-state index in [1.807, 2.05) is 0 Å². The van der Waals surface area contributed by atoms with Crippen molar-refractivity contribution in [2.24, 2.45) is 0 Å². The molecule has 0 aromatic carbocycles. The van der Waals surface area contributed by atoms with E-state index in [0.29, 0.717) is 13.0 Å². The predicted octanol–water partition coefficient (Wildman–Crippen LogP) is 3.01. The van der Waals surface area contributed by atoms with Crippen LogP contribution in [0, 0.1) is 0 Å². The first-order chi connectivity index (χ1) is 7.02. The van der Waals surface area contributed by atoms with Crippen LogP contribution in [-0.2, 0) is 0 Å². The summed E-state index contributed by atoms with van der Waals surface area (Å²) < 4.78 is 0. The molecule has 2 amide bonds. The van der Waals surface area contributed by atoms with Crippen LogP contribution in [0.1, 0.15) is 25.7 Å². The molecule has 0 aliphatic heterocycles. The molecule has 0 rings (SSSR count). The van der Waals surface area contributed by atoms with Crippen LogP contribution in [0.2, 0.25) is 0 Å². The van der Waals surface area contributed by atoms with Crippen LogP contribution in [0.25, 0.3) is 0 Å². The average Bonchev–Trinajstić information content (AvgIpc) is 2.09. The number of alkyl halides is 1. The summed E-state index contributed by atoms with van der Waals surface area (Å²) >= 11 is 15.9. The molecular weight excluding hydrogens is 262 g/mol. The van der Waals surface area contributed by atoms with Crippen LogP contribution < -0.4 is 10.6 Å². The van der Waals surface area contributed by atoms with Gasteiger partial charge in [0.05, 0.1) is 0 Å². The zero-order chi connectivity index (χ0) is 11.7. The van der Waals surface area contributed by atoms with Gasteiger partial charge in [-0.3, -0.25) is 9.59 Å². The summed E-state index contributed by atoms with van der Waals surface area (Å²) in [6.07, 6.45) is 3.23. The maximum atomic E-state index is 10.4. The second kappa shape index (κ2) is 9.07. The fourth-order valence-corrected chi connectivity index (χ4v) is 1.54. The molecule has 0 radical (unpaired) electrons. The Morgan fingerprint density at radius 1 is 1.07 bits per heavy atom. The molecule has 0 heterocycles. The number of unbranched alkanes of at least 4 members (excludes halogenated alkanes) is 2. The van der Waals surface area contributed by atoms with Gasteiger partial charge in [0.15, 0.2) is 0 Å². The summed E-state index contributed by atoms with van der Waals surface area (Å²) in [6, 6.07) is 0. The van der Waals surface area contributed by atoms with Gasteiger partial charge >= 0.3 is 10.7 Å². The Labute approximate surface area is 104 Å². The smallest absolute Gasteiger partial charge is 0.314 e. The minimum absolute atomic E-state index is 0.433. The summed E-state index contributed by atoms with van der Waals surface area (Å²) in [5, 5.41) is 3.63. The summed E-state index contributed by atoms with van der Waals surface area (Å²) in [6.45, 7) is 0.553. The molecule has 0 aliphatic rings. The van der Waals surface area contributed by atoms with E-state index in [2.05, 4.69) is 10.6 Å². The van der Waals surface area contributed by atoms with Crippen molar-refractivity contribution in [2.75, 3.05) is 6.54 Å². The third-order valence-electron chi connectivity index (χ3n) is 1.67. The first kappa shape index (κ1) is 14.8. The fraction of sp³-hybridized carbons (Fsp3) is 0.750. The summed E-state index contributed by atoms with van der Waals surface area (Å²) in [5.41, 5.74) is -0.433. The van der Waals surface area contributed by atoms with Gasteiger partial charge in [0.2, 0.25) is 0 Å². The highest BCUT2D eigenvalue weighted by Gasteiger charge is 2.05. The lowest BCUT2D eigenvalue weighted by Crippen LogP contribution is -2.25.